The molecule has 2 aromatic carbocycles. The summed E-state index contributed by atoms with van der Waals surface area (Å²) < 4.78 is 1.65. The fourth-order valence-corrected chi connectivity index (χ4v) is 5.37. The number of aromatic nitrogens is 2. The van der Waals surface area contributed by atoms with Crippen LogP contribution in [0, 0.1) is 0 Å². The molecule has 3 aliphatic rings. The van der Waals surface area contributed by atoms with Gasteiger partial charge in [0.2, 0.25) is 17.7 Å². The van der Waals surface area contributed by atoms with Gasteiger partial charge >= 0.3 is 0 Å². The van der Waals surface area contributed by atoms with Gasteiger partial charge in [0.05, 0.1) is 11.9 Å². The zero-order chi connectivity index (χ0) is 22.6. The molecule has 33 heavy (non-hydrogen) atoms. The van der Waals surface area contributed by atoms with Crippen molar-refractivity contribution in [2.45, 2.75) is 24.7 Å². The molecule has 6 rings (SSSR count). The molecule has 0 radical (unpaired) electrons. The summed E-state index contributed by atoms with van der Waals surface area (Å²) in [5, 5.41) is 7.46. The lowest BCUT2D eigenvalue weighted by Crippen LogP contribution is -2.49. The third-order valence-electron chi connectivity index (χ3n) is 6.93. The number of nitrogens with zero attached hydrogens (tertiary/aromatic N) is 4. The second kappa shape index (κ2) is 7.30. The Morgan fingerprint density at radius 1 is 0.970 bits per heavy atom. The molecular formula is C25H23N5O3. The van der Waals surface area contributed by atoms with Crippen LogP contribution >= 0.6 is 0 Å². The molecular weight excluding hydrogens is 418 g/mol. The number of para-hydroxylation sites is 2. The van der Waals surface area contributed by atoms with Crippen LogP contribution in [0.2, 0.25) is 0 Å². The van der Waals surface area contributed by atoms with Crippen molar-refractivity contribution >= 4 is 29.2 Å². The van der Waals surface area contributed by atoms with E-state index < -0.39 is 5.41 Å². The van der Waals surface area contributed by atoms with Crippen molar-refractivity contribution in [3.05, 3.63) is 71.9 Å². The number of carbonyl (C=O) groups is 3. The molecule has 0 unspecified atom stereocenters. The van der Waals surface area contributed by atoms with Gasteiger partial charge in [-0.2, -0.15) is 5.10 Å². The lowest BCUT2D eigenvalue weighted by molar-refractivity contribution is -0.131. The van der Waals surface area contributed by atoms with Crippen LogP contribution in [0.25, 0.3) is 5.69 Å². The summed E-state index contributed by atoms with van der Waals surface area (Å²) in [5.74, 6) is -0.0718. The van der Waals surface area contributed by atoms with Crippen LogP contribution in [0.5, 0.6) is 0 Å². The molecule has 3 amide bonds. The predicted molar refractivity (Wildman–Crippen MR) is 122 cm³/mol. The Labute approximate surface area is 190 Å². The highest BCUT2D eigenvalue weighted by Crippen LogP contribution is 2.52. The van der Waals surface area contributed by atoms with E-state index in [0.717, 1.165) is 37.2 Å². The molecule has 3 aliphatic heterocycles. The van der Waals surface area contributed by atoms with Gasteiger partial charge < -0.3 is 15.1 Å². The SMILES string of the molecule is O=C1C[C@@]2(C(=O)N(CC(=O)N3CCCC3)c3ccccc32)c2cnn(-c3ccccc3)c2N1. The maximum atomic E-state index is 14.1. The van der Waals surface area contributed by atoms with Crippen LogP contribution in [-0.4, -0.2) is 52.0 Å². The standard InChI is InChI=1S/C25H23N5O3/c31-21-14-25(19-15-26-30(23(19)27-21)17-8-2-1-3-9-17)18-10-4-5-11-20(18)29(24(25)33)16-22(32)28-12-6-7-13-28/h1-5,8-11,15H,6-7,12-14,16H2,(H,27,31)/t25-/m0/s1. The summed E-state index contributed by atoms with van der Waals surface area (Å²) >= 11 is 0. The smallest absolute Gasteiger partial charge is 0.243 e. The van der Waals surface area contributed by atoms with E-state index in [4.69, 9.17) is 0 Å². The minimum atomic E-state index is -1.20. The van der Waals surface area contributed by atoms with Gasteiger partial charge in [-0.15, -0.1) is 0 Å². The normalized spacial score (nSPS) is 21.3. The largest absolute Gasteiger partial charge is 0.341 e. The molecule has 0 aliphatic carbocycles. The van der Waals surface area contributed by atoms with Crippen molar-refractivity contribution in [2.24, 2.45) is 0 Å². The first kappa shape index (κ1) is 19.7. The fourth-order valence-electron chi connectivity index (χ4n) is 5.37. The number of nitrogens with one attached hydrogen (secondary N) is 1. The number of likely N-dealkylation sites (tertiary alicyclic amines) is 1. The Morgan fingerprint density at radius 3 is 2.48 bits per heavy atom. The molecule has 8 nitrogen and oxygen atoms in total. The van der Waals surface area contributed by atoms with E-state index in [2.05, 4.69) is 10.4 Å². The zero-order valence-corrected chi connectivity index (χ0v) is 18.0. The van der Waals surface area contributed by atoms with E-state index in [1.54, 1.807) is 15.8 Å². The maximum absolute atomic E-state index is 14.1. The van der Waals surface area contributed by atoms with Gasteiger partial charge in [-0.1, -0.05) is 36.4 Å². The van der Waals surface area contributed by atoms with Gasteiger partial charge in [0.25, 0.3) is 0 Å². The Kier molecular flexibility index (Phi) is 4.36. The Bertz CT molecular complexity index is 1280. The third kappa shape index (κ3) is 2.83. The van der Waals surface area contributed by atoms with Gasteiger partial charge in [-0.05, 0) is 36.6 Å². The van der Waals surface area contributed by atoms with Crippen molar-refractivity contribution in [1.82, 2.24) is 14.7 Å². The molecule has 4 heterocycles. The number of anilines is 2. The summed E-state index contributed by atoms with van der Waals surface area (Å²) in [5.41, 5.74) is 1.67. The molecule has 1 fully saturated rings. The number of carbonyl (C=O) groups excluding carboxylic acids is 3. The van der Waals surface area contributed by atoms with Gasteiger partial charge in [-0.3, -0.25) is 14.4 Å². The molecule has 1 saturated heterocycles. The lowest BCUT2D eigenvalue weighted by atomic mass is 9.72. The number of hydrogen-bond acceptors (Lipinski definition) is 4. The van der Waals surface area contributed by atoms with Gasteiger partial charge in [0, 0.05) is 30.8 Å². The first-order chi connectivity index (χ1) is 16.1. The summed E-state index contributed by atoms with van der Waals surface area (Å²) in [6.45, 7) is 1.43. The maximum Gasteiger partial charge on any atom is 0.243 e. The minimum Gasteiger partial charge on any atom is -0.341 e. The molecule has 1 N–H and O–H groups in total. The molecule has 1 spiro atoms. The first-order valence-electron chi connectivity index (χ1n) is 11.2. The lowest BCUT2D eigenvalue weighted by Gasteiger charge is -2.32. The molecule has 0 saturated carbocycles. The first-order valence-corrected chi connectivity index (χ1v) is 11.2. The summed E-state index contributed by atoms with van der Waals surface area (Å²) in [4.78, 5) is 43.4. The van der Waals surface area contributed by atoms with E-state index in [9.17, 15) is 14.4 Å². The summed E-state index contributed by atoms with van der Waals surface area (Å²) in [6, 6.07) is 17.0. The number of fused-ring (bicyclic) bond motifs is 4. The monoisotopic (exact) mass is 441 g/mol. The van der Waals surface area contributed by atoms with Crippen LogP contribution in [0.15, 0.2) is 60.8 Å². The number of amides is 3. The molecule has 0 bridgehead atoms. The van der Waals surface area contributed by atoms with Crippen molar-refractivity contribution in [3.8, 4) is 5.69 Å². The highest BCUT2D eigenvalue weighted by Gasteiger charge is 2.57. The van der Waals surface area contributed by atoms with Crippen LogP contribution < -0.4 is 10.2 Å². The predicted octanol–water partition coefficient (Wildman–Crippen LogP) is 2.47. The number of hydrogen-bond donors (Lipinski definition) is 1. The minimum absolute atomic E-state index is 0.0231. The molecule has 166 valence electrons. The molecule has 8 heteroatoms. The second-order valence-electron chi connectivity index (χ2n) is 8.78. The molecule has 3 aromatic rings. The zero-order valence-electron chi connectivity index (χ0n) is 18.0. The Morgan fingerprint density at radius 2 is 1.70 bits per heavy atom. The quantitative estimate of drug-likeness (QED) is 0.677. The Hall–Kier alpha value is -3.94. The topological polar surface area (TPSA) is 87.5 Å². The number of benzene rings is 2. The van der Waals surface area contributed by atoms with Crippen molar-refractivity contribution in [2.75, 3.05) is 29.9 Å². The van der Waals surface area contributed by atoms with Crippen LogP contribution in [0.4, 0.5) is 11.5 Å². The van der Waals surface area contributed by atoms with Crippen LogP contribution in [-0.2, 0) is 19.8 Å². The third-order valence-corrected chi connectivity index (χ3v) is 6.93. The van der Waals surface area contributed by atoms with Crippen LogP contribution in [0.1, 0.15) is 30.4 Å². The van der Waals surface area contributed by atoms with E-state index in [0.29, 0.717) is 17.1 Å². The van der Waals surface area contributed by atoms with Crippen molar-refractivity contribution < 1.29 is 14.4 Å². The highest BCUT2D eigenvalue weighted by atomic mass is 16.2. The molecule has 1 aromatic heterocycles. The van der Waals surface area contributed by atoms with Gasteiger partial charge in [0.15, 0.2) is 0 Å². The summed E-state index contributed by atoms with van der Waals surface area (Å²) in [6.07, 6.45) is 3.62. The van der Waals surface area contributed by atoms with Gasteiger partial charge in [-0.25, -0.2) is 4.68 Å². The van der Waals surface area contributed by atoms with E-state index >= 15 is 0 Å². The highest BCUT2D eigenvalue weighted by molar-refractivity contribution is 6.17. The van der Waals surface area contributed by atoms with Crippen molar-refractivity contribution in [3.63, 3.8) is 0 Å². The van der Waals surface area contributed by atoms with Gasteiger partial charge in [0.1, 0.15) is 17.8 Å². The van der Waals surface area contributed by atoms with E-state index in [1.807, 2.05) is 59.5 Å². The average Bonchev–Trinajstić information content (AvgIpc) is 3.56. The average molecular weight is 441 g/mol. The van der Waals surface area contributed by atoms with Crippen LogP contribution in [0.3, 0.4) is 0 Å². The second-order valence-corrected chi connectivity index (χ2v) is 8.78. The molecule has 1 atom stereocenters. The van der Waals surface area contributed by atoms with Crippen molar-refractivity contribution in [1.29, 1.82) is 0 Å². The fraction of sp³-hybridized carbons (Fsp3) is 0.280. The van der Waals surface area contributed by atoms with E-state index in [-0.39, 0.29) is 30.7 Å². The Balaban J connectivity index is 1.48. The summed E-state index contributed by atoms with van der Waals surface area (Å²) in [7, 11) is 0. The number of rotatable bonds is 3. The van der Waals surface area contributed by atoms with E-state index in [1.165, 1.54) is 0 Å².